The van der Waals surface area contributed by atoms with Crippen LogP contribution < -0.4 is 28.3 Å². The van der Waals surface area contributed by atoms with E-state index < -0.39 is 12.4 Å². The third-order valence-corrected chi connectivity index (χ3v) is 12.4. The molecule has 0 N–H and O–H groups in total. The molecule has 0 aromatic heterocycles. The average molecular weight is 565 g/mol. The third-order valence-electron chi connectivity index (χ3n) is 7.44. The van der Waals surface area contributed by atoms with E-state index in [4.69, 9.17) is 4.74 Å². The average Bonchev–Trinajstić information content (AvgIpc) is 2.98. The van der Waals surface area contributed by atoms with Gasteiger partial charge in [0.25, 0.3) is 0 Å². The Kier molecular flexibility index (Phi) is 9.25. The minimum absolute atomic E-state index is 0. The molecule has 0 radical (unpaired) electrons. The highest BCUT2D eigenvalue weighted by molar-refractivity contribution is 7.97. The highest BCUT2D eigenvalue weighted by Gasteiger charge is 2.70. The van der Waals surface area contributed by atoms with Crippen molar-refractivity contribution in [2.24, 2.45) is 0 Å². The fourth-order valence-electron chi connectivity index (χ4n) is 5.73. The SMILES string of the molecule is CCOC(=O)C(c1ccc(C)cc1)(c1ccc(C)cc1)[P+](c1ccccc1)(c1ccccc1)c1ccccc1.[Cl-]. The van der Waals surface area contributed by atoms with E-state index >= 15 is 4.79 Å². The molecule has 5 rings (SSSR count). The lowest BCUT2D eigenvalue weighted by Crippen LogP contribution is -3.00. The molecule has 0 atom stereocenters. The Morgan fingerprint density at radius 1 is 0.575 bits per heavy atom. The number of halogens is 1. The van der Waals surface area contributed by atoms with Gasteiger partial charge in [0.1, 0.15) is 23.2 Å². The molecule has 0 aliphatic rings. The zero-order valence-corrected chi connectivity index (χ0v) is 24.8. The van der Waals surface area contributed by atoms with Gasteiger partial charge in [-0.2, -0.15) is 0 Å². The number of esters is 1. The molecule has 0 spiro atoms. The maximum Gasteiger partial charge on any atom is 0.360 e. The summed E-state index contributed by atoms with van der Waals surface area (Å²) in [6.45, 7) is 6.34. The Morgan fingerprint density at radius 2 is 0.900 bits per heavy atom. The van der Waals surface area contributed by atoms with E-state index in [-0.39, 0.29) is 25.0 Å². The summed E-state index contributed by atoms with van der Waals surface area (Å²) < 4.78 is 6.14. The molecular formula is C36H34ClO2P. The van der Waals surface area contributed by atoms with Crippen molar-refractivity contribution in [3.05, 3.63) is 162 Å². The largest absolute Gasteiger partial charge is 1.00 e. The van der Waals surface area contributed by atoms with Gasteiger partial charge in [-0.25, -0.2) is 4.79 Å². The van der Waals surface area contributed by atoms with Crippen molar-refractivity contribution in [3.63, 3.8) is 0 Å². The Hall–Kier alpha value is -3.71. The van der Waals surface area contributed by atoms with Gasteiger partial charge in [0.2, 0.25) is 5.16 Å². The number of carbonyl (C=O) groups excluding carboxylic acids is 1. The third kappa shape index (κ3) is 4.87. The number of carbonyl (C=O) groups is 1. The molecule has 5 aromatic rings. The van der Waals surface area contributed by atoms with Gasteiger partial charge < -0.3 is 17.1 Å². The van der Waals surface area contributed by atoms with Crippen LogP contribution in [0.2, 0.25) is 0 Å². The second-order valence-electron chi connectivity index (χ2n) is 9.84. The monoisotopic (exact) mass is 564 g/mol. The quantitative estimate of drug-likeness (QED) is 0.209. The molecule has 5 aromatic carbocycles. The van der Waals surface area contributed by atoms with Crippen LogP contribution in [0.4, 0.5) is 0 Å². The van der Waals surface area contributed by atoms with Gasteiger partial charge in [0, 0.05) is 11.1 Å². The first kappa shape index (κ1) is 29.3. The van der Waals surface area contributed by atoms with Gasteiger partial charge in [-0.05, 0) is 57.2 Å². The lowest BCUT2D eigenvalue weighted by atomic mass is 9.89. The summed E-state index contributed by atoms with van der Waals surface area (Å²) in [6.07, 6.45) is 0. The van der Waals surface area contributed by atoms with Crippen LogP contribution in [0.25, 0.3) is 0 Å². The van der Waals surface area contributed by atoms with Crippen LogP contribution in [0.15, 0.2) is 140 Å². The van der Waals surface area contributed by atoms with Crippen molar-refractivity contribution in [2.75, 3.05) is 6.61 Å². The van der Waals surface area contributed by atoms with Crippen molar-refractivity contribution < 1.29 is 21.9 Å². The minimum Gasteiger partial charge on any atom is -1.00 e. The van der Waals surface area contributed by atoms with Crippen LogP contribution in [0, 0.1) is 13.8 Å². The zero-order chi connectivity index (χ0) is 27.3. The first-order chi connectivity index (χ1) is 19.0. The number of benzene rings is 5. The molecule has 4 heteroatoms. The molecule has 0 bridgehead atoms. The van der Waals surface area contributed by atoms with Crippen molar-refractivity contribution >= 4 is 29.1 Å². The molecule has 0 saturated carbocycles. The fourth-order valence-corrected chi connectivity index (χ4v) is 11.1. The van der Waals surface area contributed by atoms with Gasteiger partial charge in [-0.1, -0.05) is 114 Å². The molecule has 0 saturated heterocycles. The summed E-state index contributed by atoms with van der Waals surface area (Å²) in [5.41, 5.74) is 4.15. The number of hydrogen-bond donors (Lipinski definition) is 0. The molecule has 0 fully saturated rings. The van der Waals surface area contributed by atoms with E-state index in [1.54, 1.807) is 0 Å². The number of hydrogen-bond acceptors (Lipinski definition) is 2. The van der Waals surface area contributed by atoms with Gasteiger partial charge in [-0.3, -0.25) is 0 Å². The molecule has 0 amide bonds. The molecule has 2 nitrogen and oxygen atoms in total. The first-order valence-corrected chi connectivity index (χ1v) is 15.2. The van der Waals surface area contributed by atoms with Crippen LogP contribution in [-0.4, -0.2) is 12.6 Å². The van der Waals surface area contributed by atoms with E-state index in [9.17, 15) is 0 Å². The highest BCUT2D eigenvalue weighted by Crippen LogP contribution is 2.73. The smallest absolute Gasteiger partial charge is 0.360 e. The molecule has 40 heavy (non-hydrogen) atoms. The zero-order valence-electron chi connectivity index (χ0n) is 23.1. The Labute approximate surface area is 244 Å². The van der Waals surface area contributed by atoms with Crippen LogP contribution in [0.5, 0.6) is 0 Å². The summed E-state index contributed by atoms with van der Waals surface area (Å²) in [6, 6.07) is 48.6. The summed E-state index contributed by atoms with van der Waals surface area (Å²) >= 11 is 0. The Balaban J connectivity index is 0.00000370. The summed E-state index contributed by atoms with van der Waals surface area (Å²) in [5.74, 6) is -0.234. The molecule has 0 heterocycles. The van der Waals surface area contributed by atoms with Gasteiger partial charge in [0.15, 0.2) is 0 Å². The maximum atomic E-state index is 15.0. The van der Waals surface area contributed by atoms with E-state index in [1.807, 2.05) is 25.1 Å². The lowest BCUT2D eigenvalue weighted by Gasteiger charge is -2.43. The molecular weight excluding hydrogens is 531 g/mol. The summed E-state index contributed by atoms with van der Waals surface area (Å²) in [5, 5.41) is 2.22. The van der Waals surface area contributed by atoms with Crippen molar-refractivity contribution in [1.82, 2.24) is 0 Å². The number of ether oxygens (including phenoxy) is 1. The van der Waals surface area contributed by atoms with Crippen LogP contribution >= 0.6 is 7.26 Å². The predicted octanol–water partition coefficient (Wildman–Crippen LogP) is 4.11. The predicted molar refractivity (Wildman–Crippen MR) is 165 cm³/mol. The van der Waals surface area contributed by atoms with Crippen LogP contribution in [-0.2, 0) is 14.7 Å². The summed E-state index contributed by atoms with van der Waals surface area (Å²) in [7, 11) is -2.83. The molecule has 202 valence electrons. The number of aryl methyl sites for hydroxylation is 2. The van der Waals surface area contributed by atoms with E-state index in [0.717, 1.165) is 38.2 Å². The van der Waals surface area contributed by atoms with E-state index in [2.05, 4.69) is 135 Å². The van der Waals surface area contributed by atoms with Crippen LogP contribution in [0.3, 0.4) is 0 Å². The number of rotatable bonds is 8. The maximum absolute atomic E-state index is 15.0. The topological polar surface area (TPSA) is 26.3 Å². The highest BCUT2D eigenvalue weighted by atomic mass is 35.5. The molecule has 0 unspecified atom stereocenters. The van der Waals surface area contributed by atoms with E-state index in [1.165, 1.54) is 0 Å². The van der Waals surface area contributed by atoms with Crippen molar-refractivity contribution in [3.8, 4) is 0 Å². The van der Waals surface area contributed by atoms with E-state index in [0.29, 0.717) is 0 Å². The standard InChI is InChI=1S/C36H34O2P.ClH/c1-4-38-35(37)36(30-24-20-28(2)21-25-30,31-26-22-29(3)23-27-31)39(32-14-8-5-9-15-32,33-16-10-6-11-17-33)34-18-12-7-13-19-34;/h5-27H,4H2,1-3H3;1H/q+1;/p-1. The van der Waals surface area contributed by atoms with Crippen LogP contribution in [0.1, 0.15) is 29.2 Å². The molecule has 0 aliphatic heterocycles. The first-order valence-electron chi connectivity index (χ1n) is 13.4. The fraction of sp³-hybridized carbons (Fsp3) is 0.139. The Bertz CT molecular complexity index is 1380. The Morgan fingerprint density at radius 3 is 1.20 bits per heavy atom. The van der Waals surface area contributed by atoms with Gasteiger partial charge in [0.05, 0.1) is 6.61 Å². The summed E-state index contributed by atoms with van der Waals surface area (Å²) in [4.78, 5) is 15.0. The minimum atomic E-state index is -2.83. The second kappa shape index (κ2) is 12.6. The second-order valence-corrected chi connectivity index (χ2v) is 13.4. The van der Waals surface area contributed by atoms with Crippen molar-refractivity contribution in [1.29, 1.82) is 0 Å². The van der Waals surface area contributed by atoms with Gasteiger partial charge in [-0.15, -0.1) is 0 Å². The lowest BCUT2D eigenvalue weighted by molar-refractivity contribution is -0.145. The normalized spacial score (nSPS) is 11.4. The van der Waals surface area contributed by atoms with Crippen molar-refractivity contribution in [2.45, 2.75) is 25.9 Å². The van der Waals surface area contributed by atoms with Gasteiger partial charge >= 0.3 is 5.97 Å². The molecule has 0 aliphatic carbocycles.